The summed E-state index contributed by atoms with van der Waals surface area (Å²) in [5.41, 5.74) is 4.47. The van der Waals surface area contributed by atoms with Gasteiger partial charge in [0.1, 0.15) is 11.5 Å². The molecular formula is C30H38N2O2Si2. The van der Waals surface area contributed by atoms with Crippen molar-refractivity contribution in [1.29, 1.82) is 0 Å². The van der Waals surface area contributed by atoms with Crippen LogP contribution in [-0.4, -0.2) is 18.1 Å². The molecule has 0 aromatic heterocycles. The molecule has 0 heterocycles. The summed E-state index contributed by atoms with van der Waals surface area (Å²) >= 11 is 0. The molecular weight excluding hydrogens is 477 g/mol. The van der Waals surface area contributed by atoms with E-state index < -0.39 is 18.1 Å². The molecule has 2 rings (SSSR count). The highest BCUT2D eigenvalue weighted by atomic mass is 28.3. The van der Waals surface area contributed by atoms with Crippen molar-refractivity contribution >= 4 is 30.2 Å². The Labute approximate surface area is 221 Å². The molecule has 0 bridgehead atoms. The number of rotatable bonds is 7. The van der Waals surface area contributed by atoms with E-state index >= 15 is 0 Å². The first kappa shape index (κ1) is 29.2. The van der Waals surface area contributed by atoms with Crippen LogP contribution in [0.3, 0.4) is 0 Å². The molecule has 2 aromatic carbocycles. The fourth-order valence-corrected chi connectivity index (χ4v) is 4.71. The molecule has 0 atom stereocenters. The molecule has 4 nitrogen and oxygen atoms in total. The van der Waals surface area contributed by atoms with Gasteiger partial charge in [-0.05, 0) is 60.3 Å². The van der Waals surface area contributed by atoms with E-state index in [2.05, 4.69) is 102 Å². The molecule has 0 spiro atoms. The molecule has 36 heavy (non-hydrogen) atoms. The standard InChI is InChI=1S/C30H38N2O2Si2/c1-29(2,3)23-15-13-21(27(19-23)33-35(9)10)17-25(31-7)26(32-8)18-22-14-16-24(30(4,5)6)20-28(22)34-36(11)12/h13-20H,1-6,9-12H3/b25-17-,26-18-. The summed E-state index contributed by atoms with van der Waals surface area (Å²) in [6.07, 6.45) is 3.53. The van der Waals surface area contributed by atoms with E-state index in [4.69, 9.17) is 22.0 Å². The lowest BCUT2D eigenvalue weighted by Gasteiger charge is -2.22. The van der Waals surface area contributed by atoms with Crippen LogP contribution in [0.25, 0.3) is 21.8 Å². The molecule has 0 N–H and O–H groups in total. The van der Waals surface area contributed by atoms with Gasteiger partial charge in [-0.25, -0.2) is 0 Å². The van der Waals surface area contributed by atoms with E-state index in [1.54, 1.807) is 12.2 Å². The molecule has 0 saturated heterocycles. The van der Waals surface area contributed by atoms with Gasteiger partial charge in [-0.15, -0.1) is 0 Å². The zero-order chi connectivity index (χ0) is 27.3. The summed E-state index contributed by atoms with van der Waals surface area (Å²) in [4.78, 5) is 7.47. The average Bonchev–Trinajstić information content (AvgIpc) is 2.75. The van der Waals surface area contributed by atoms with Crippen molar-refractivity contribution in [3.05, 3.63) is 92.9 Å². The number of benzene rings is 2. The van der Waals surface area contributed by atoms with Crippen molar-refractivity contribution in [2.45, 2.75) is 78.6 Å². The third kappa shape index (κ3) is 7.98. The van der Waals surface area contributed by atoms with Gasteiger partial charge in [-0.1, -0.05) is 78.0 Å². The number of nitrogens with zero attached hydrogens (tertiary/aromatic N) is 2. The quantitative estimate of drug-likeness (QED) is 0.210. The molecule has 2 radical (unpaired) electrons. The van der Waals surface area contributed by atoms with E-state index in [1.807, 2.05) is 12.1 Å². The van der Waals surface area contributed by atoms with Crippen LogP contribution in [0.15, 0.2) is 47.8 Å². The maximum Gasteiger partial charge on any atom is 0.274 e. The second kappa shape index (κ2) is 11.8. The lowest BCUT2D eigenvalue weighted by atomic mass is 9.86. The predicted molar refractivity (Wildman–Crippen MR) is 156 cm³/mol. The fraction of sp³-hybridized carbons (Fsp3) is 0.400. The van der Waals surface area contributed by atoms with Crippen LogP contribution < -0.4 is 8.85 Å². The van der Waals surface area contributed by atoms with Crippen LogP contribution in [0, 0.1) is 13.1 Å². The van der Waals surface area contributed by atoms with Gasteiger partial charge in [0, 0.05) is 11.1 Å². The van der Waals surface area contributed by atoms with Crippen molar-refractivity contribution in [2.24, 2.45) is 0 Å². The highest BCUT2D eigenvalue weighted by Gasteiger charge is 2.19. The van der Waals surface area contributed by atoms with Crippen molar-refractivity contribution < 1.29 is 8.85 Å². The molecule has 0 saturated carbocycles. The summed E-state index contributed by atoms with van der Waals surface area (Å²) in [6.45, 7) is 37.1. The van der Waals surface area contributed by atoms with Crippen LogP contribution in [-0.2, 0) is 10.8 Å². The van der Waals surface area contributed by atoms with Gasteiger partial charge in [0.15, 0.2) is 11.4 Å². The number of hydrogen-bond acceptors (Lipinski definition) is 2. The summed E-state index contributed by atoms with van der Waals surface area (Å²) in [5, 5.41) is 0. The second-order valence-electron chi connectivity index (χ2n) is 11.3. The van der Waals surface area contributed by atoms with E-state index in [1.165, 1.54) is 11.1 Å². The van der Waals surface area contributed by atoms with Crippen LogP contribution in [0.5, 0.6) is 11.5 Å². The Bertz CT molecular complexity index is 1130. The molecule has 6 heteroatoms. The summed E-state index contributed by atoms with van der Waals surface area (Å²) < 4.78 is 12.4. The topological polar surface area (TPSA) is 27.2 Å². The fourth-order valence-electron chi connectivity index (χ4n) is 3.48. The van der Waals surface area contributed by atoms with E-state index in [0.29, 0.717) is 0 Å². The summed E-state index contributed by atoms with van der Waals surface area (Å²) in [5.74, 6) is 1.52. The van der Waals surface area contributed by atoms with Gasteiger partial charge in [-0.3, -0.25) is 9.69 Å². The minimum Gasteiger partial charge on any atom is -0.542 e. The second-order valence-corrected chi connectivity index (χ2v) is 15.3. The summed E-state index contributed by atoms with van der Waals surface area (Å²) in [7, 11) is -2.03. The Balaban J connectivity index is 2.65. The van der Waals surface area contributed by atoms with Gasteiger partial charge in [0.2, 0.25) is 0 Å². The largest absolute Gasteiger partial charge is 0.542 e. The first-order valence-corrected chi connectivity index (χ1v) is 16.9. The van der Waals surface area contributed by atoms with Crippen LogP contribution in [0.1, 0.15) is 63.8 Å². The molecule has 0 aliphatic carbocycles. The Kier molecular flexibility index (Phi) is 9.54. The third-order valence-electron chi connectivity index (χ3n) is 5.48. The van der Waals surface area contributed by atoms with Gasteiger partial charge in [0.25, 0.3) is 18.1 Å². The zero-order valence-corrected chi connectivity index (χ0v) is 25.3. The highest BCUT2D eigenvalue weighted by molar-refractivity contribution is 6.49. The first-order chi connectivity index (χ1) is 16.6. The average molecular weight is 515 g/mol. The molecule has 0 amide bonds. The maximum atomic E-state index is 7.86. The van der Waals surface area contributed by atoms with E-state index in [-0.39, 0.29) is 22.2 Å². The van der Waals surface area contributed by atoms with Gasteiger partial charge < -0.3 is 8.85 Å². The Morgan fingerprint density at radius 2 is 1.00 bits per heavy atom. The zero-order valence-electron chi connectivity index (χ0n) is 23.3. The van der Waals surface area contributed by atoms with Crippen LogP contribution in [0.2, 0.25) is 26.2 Å². The molecule has 0 fully saturated rings. The van der Waals surface area contributed by atoms with Crippen LogP contribution >= 0.6 is 0 Å². The van der Waals surface area contributed by atoms with Gasteiger partial charge in [0.05, 0.1) is 13.1 Å². The van der Waals surface area contributed by atoms with Crippen LogP contribution in [0.4, 0.5) is 0 Å². The Morgan fingerprint density at radius 1 is 0.667 bits per heavy atom. The van der Waals surface area contributed by atoms with Crippen molar-refractivity contribution in [2.75, 3.05) is 0 Å². The first-order valence-electron chi connectivity index (χ1n) is 12.1. The lowest BCUT2D eigenvalue weighted by molar-refractivity contribution is 0.559. The monoisotopic (exact) mass is 514 g/mol. The predicted octanol–water partition coefficient (Wildman–Crippen LogP) is 8.76. The van der Waals surface area contributed by atoms with Crippen molar-refractivity contribution in [1.82, 2.24) is 0 Å². The van der Waals surface area contributed by atoms with Crippen molar-refractivity contribution in [3.8, 4) is 11.5 Å². The van der Waals surface area contributed by atoms with E-state index in [0.717, 1.165) is 22.6 Å². The molecule has 188 valence electrons. The minimum atomic E-state index is -1.01. The number of hydrogen-bond donors (Lipinski definition) is 0. The van der Waals surface area contributed by atoms with Gasteiger partial charge >= 0.3 is 0 Å². The van der Waals surface area contributed by atoms with Gasteiger partial charge in [-0.2, -0.15) is 0 Å². The molecule has 0 unspecified atom stereocenters. The summed E-state index contributed by atoms with van der Waals surface area (Å²) in [6, 6.07) is 12.3. The molecule has 0 aliphatic heterocycles. The normalized spacial score (nSPS) is 12.9. The SMILES string of the molecule is [C-]#[N+]C(=C\c1ccc(C(C)(C)C)cc1O[Si](C)C)/C(=C/c1ccc(C(C)(C)C)cc1O[Si](C)C)[N+]#[C-]. The highest BCUT2D eigenvalue weighted by Crippen LogP contribution is 2.34. The third-order valence-corrected chi connectivity index (χ3v) is 6.73. The molecule has 0 aliphatic rings. The maximum absolute atomic E-state index is 7.86. The van der Waals surface area contributed by atoms with Crippen molar-refractivity contribution in [3.63, 3.8) is 0 Å². The Morgan fingerprint density at radius 3 is 1.25 bits per heavy atom. The van der Waals surface area contributed by atoms with E-state index in [9.17, 15) is 0 Å². The lowest BCUT2D eigenvalue weighted by Crippen LogP contribution is -2.15. The minimum absolute atomic E-state index is 0.0204. The Hall–Kier alpha value is -3.07. The smallest absolute Gasteiger partial charge is 0.274 e. The molecule has 2 aromatic rings.